The minimum atomic E-state index is -4.17. The first kappa shape index (κ1) is 30.5. The Hall–Kier alpha value is -3.07. The molecule has 0 aliphatic rings. The van der Waals surface area contributed by atoms with Gasteiger partial charge in [-0.25, -0.2) is 8.42 Å². The van der Waals surface area contributed by atoms with Crippen molar-refractivity contribution in [2.75, 3.05) is 10.8 Å². The third-order valence-corrected chi connectivity index (χ3v) is 8.48. The van der Waals surface area contributed by atoms with Crippen LogP contribution >= 0.6 is 23.2 Å². The van der Waals surface area contributed by atoms with Crippen LogP contribution in [-0.4, -0.2) is 43.3 Å². The van der Waals surface area contributed by atoms with Crippen molar-refractivity contribution >= 4 is 50.7 Å². The van der Waals surface area contributed by atoms with Crippen molar-refractivity contribution in [3.8, 4) is 0 Å². The van der Waals surface area contributed by atoms with Crippen LogP contribution in [0.1, 0.15) is 38.8 Å². The number of hydrogen-bond donors (Lipinski definition) is 1. The van der Waals surface area contributed by atoms with Crippen LogP contribution in [-0.2, 0) is 26.2 Å². The zero-order chi connectivity index (χ0) is 29.0. The highest BCUT2D eigenvalue weighted by Crippen LogP contribution is 2.31. The van der Waals surface area contributed by atoms with E-state index in [0.29, 0.717) is 15.6 Å². The highest BCUT2D eigenvalue weighted by Gasteiger charge is 2.34. The maximum Gasteiger partial charge on any atom is 0.264 e. The van der Waals surface area contributed by atoms with Crippen LogP contribution in [0.5, 0.6) is 0 Å². The fraction of sp³-hybridized carbons (Fsp3) is 0.310. The highest BCUT2D eigenvalue weighted by molar-refractivity contribution is 7.92. The van der Waals surface area contributed by atoms with Crippen LogP contribution in [0.25, 0.3) is 0 Å². The Balaban J connectivity index is 2.06. The van der Waals surface area contributed by atoms with Gasteiger partial charge >= 0.3 is 0 Å². The Morgan fingerprint density at radius 2 is 1.54 bits per heavy atom. The zero-order valence-corrected chi connectivity index (χ0v) is 24.9. The molecule has 208 valence electrons. The molecule has 7 nitrogen and oxygen atoms in total. The van der Waals surface area contributed by atoms with Gasteiger partial charge in [0.15, 0.2) is 0 Å². The molecule has 1 atom stereocenters. The third kappa shape index (κ3) is 7.75. The van der Waals surface area contributed by atoms with Crippen molar-refractivity contribution in [1.29, 1.82) is 0 Å². The molecular weight excluding hydrogens is 557 g/mol. The minimum absolute atomic E-state index is 0.0277. The normalized spacial score (nSPS) is 12.5. The molecule has 0 aromatic heterocycles. The number of amides is 2. The molecule has 0 heterocycles. The molecule has 1 N–H and O–H groups in total. The molecule has 0 saturated carbocycles. The summed E-state index contributed by atoms with van der Waals surface area (Å²) in [6.45, 7) is 8.38. The number of hydrogen-bond acceptors (Lipinski definition) is 4. The summed E-state index contributed by atoms with van der Waals surface area (Å²) in [4.78, 5) is 28.5. The van der Waals surface area contributed by atoms with Crippen molar-refractivity contribution < 1.29 is 18.0 Å². The van der Waals surface area contributed by atoms with Crippen LogP contribution in [0.15, 0.2) is 77.7 Å². The van der Waals surface area contributed by atoms with Crippen LogP contribution in [0.3, 0.4) is 0 Å². The van der Waals surface area contributed by atoms with Crippen molar-refractivity contribution in [3.05, 3.63) is 94.0 Å². The van der Waals surface area contributed by atoms with Gasteiger partial charge in [-0.1, -0.05) is 59.6 Å². The molecule has 3 rings (SSSR count). The molecule has 1 unspecified atom stereocenters. The molecule has 0 radical (unpaired) electrons. The van der Waals surface area contributed by atoms with Gasteiger partial charge in [-0.15, -0.1) is 0 Å². The number of anilines is 1. The maximum absolute atomic E-state index is 14.0. The number of rotatable bonds is 9. The number of nitrogens with zero attached hydrogens (tertiary/aromatic N) is 2. The predicted octanol–water partition coefficient (Wildman–Crippen LogP) is 5.83. The van der Waals surface area contributed by atoms with Gasteiger partial charge in [0.1, 0.15) is 12.6 Å². The van der Waals surface area contributed by atoms with E-state index in [0.717, 1.165) is 9.87 Å². The Morgan fingerprint density at radius 1 is 0.923 bits per heavy atom. The molecule has 0 bridgehead atoms. The Kier molecular flexibility index (Phi) is 9.69. The predicted molar refractivity (Wildman–Crippen MR) is 157 cm³/mol. The first-order valence-corrected chi connectivity index (χ1v) is 14.6. The summed E-state index contributed by atoms with van der Waals surface area (Å²) >= 11 is 12.4. The first-order valence-electron chi connectivity index (χ1n) is 12.4. The Bertz CT molecular complexity index is 1420. The second-order valence-corrected chi connectivity index (χ2v) is 13.0. The van der Waals surface area contributed by atoms with Gasteiger partial charge < -0.3 is 10.2 Å². The number of benzene rings is 3. The maximum atomic E-state index is 14.0. The van der Waals surface area contributed by atoms with Crippen LogP contribution < -0.4 is 9.62 Å². The van der Waals surface area contributed by atoms with Gasteiger partial charge in [-0.2, -0.15) is 0 Å². The van der Waals surface area contributed by atoms with Gasteiger partial charge in [-0.05, 0) is 82.1 Å². The molecule has 3 aromatic carbocycles. The average molecular weight is 591 g/mol. The second kappa shape index (κ2) is 12.4. The smallest absolute Gasteiger partial charge is 0.264 e. The van der Waals surface area contributed by atoms with Crippen molar-refractivity contribution in [1.82, 2.24) is 10.2 Å². The highest BCUT2D eigenvalue weighted by atomic mass is 35.5. The van der Waals surface area contributed by atoms with E-state index in [4.69, 9.17) is 23.2 Å². The third-order valence-electron chi connectivity index (χ3n) is 6.05. The summed E-state index contributed by atoms with van der Waals surface area (Å²) in [7, 11) is -4.17. The lowest BCUT2D eigenvalue weighted by molar-refractivity contribution is -0.140. The van der Waals surface area contributed by atoms with Crippen molar-refractivity contribution in [2.45, 2.75) is 57.6 Å². The van der Waals surface area contributed by atoms with Crippen LogP contribution in [0.2, 0.25) is 10.0 Å². The van der Waals surface area contributed by atoms with Gasteiger partial charge in [0.2, 0.25) is 11.8 Å². The standard InChI is InChI=1S/C29H33Cl2N3O4S/c1-20-25(31)12-9-13-26(20)34(39(37,38)24-10-7-6-8-11-24)19-27(35)33(18-22-14-16-23(30)17-15-22)21(2)28(36)32-29(3,4)5/h6-17,21H,18-19H2,1-5H3,(H,32,36). The number of carbonyl (C=O) groups excluding carboxylic acids is 2. The van der Waals surface area contributed by atoms with E-state index in [2.05, 4.69) is 5.32 Å². The SMILES string of the molecule is Cc1c(Cl)cccc1N(CC(=O)N(Cc1ccc(Cl)cc1)C(C)C(=O)NC(C)(C)C)S(=O)(=O)c1ccccc1. The van der Waals surface area contributed by atoms with E-state index >= 15 is 0 Å². The Labute approximate surface area is 240 Å². The molecule has 0 fully saturated rings. The van der Waals surface area contributed by atoms with Gasteiger partial charge in [-0.3, -0.25) is 13.9 Å². The molecule has 3 aromatic rings. The van der Waals surface area contributed by atoms with Gasteiger partial charge in [0.25, 0.3) is 10.0 Å². The number of halogens is 2. The molecule has 0 spiro atoms. The number of carbonyl (C=O) groups is 2. The molecule has 0 aliphatic heterocycles. The molecule has 39 heavy (non-hydrogen) atoms. The van der Waals surface area contributed by atoms with E-state index in [1.54, 1.807) is 74.5 Å². The molecule has 2 amide bonds. The summed E-state index contributed by atoms with van der Waals surface area (Å²) < 4.78 is 28.8. The van der Waals surface area contributed by atoms with Gasteiger partial charge in [0, 0.05) is 22.1 Å². The lowest BCUT2D eigenvalue weighted by atomic mass is 10.1. The summed E-state index contributed by atoms with van der Waals surface area (Å²) in [5.74, 6) is -0.915. The van der Waals surface area contributed by atoms with Crippen LogP contribution in [0, 0.1) is 6.92 Å². The molecule has 0 aliphatic carbocycles. The largest absolute Gasteiger partial charge is 0.350 e. The van der Waals surface area contributed by atoms with Gasteiger partial charge in [0.05, 0.1) is 10.6 Å². The Morgan fingerprint density at radius 3 is 2.13 bits per heavy atom. The lowest BCUT2D eigenvalue weighted by Gasteiger charge is -2.34. The van der Waals surface area contributed by atoms with E-state index in [-0.39, 0.29) is 23.0 Å². The van der Waals surface area contributed by atoms with E-state index in [1.807, 2.05) is 20.8 Å². The van der Waals surface area contributed by atoms with E-state index < -0.39 is 34.1 Å². The summed E-state index contributed by atoms with van der Waals surface area (Å²) in [6.07, 6.45) is 0. The second-order valence-electron chi connectivity index (χ2n) is 10.3. The quantitative estimate of drug-likeness (QED) is 0.340. The first-order chi connectivity index (χ1) is 18.2. The zero-order valence-electron chi connectivity index (χ0n) is 22.6. The number of nitrogens with one attached hydrogen (secondary N) is 1. The molecule has 0 saturated heterocycles. The molecule has 10 heteroatoms. The summed E-state index contributed by atoms with van der Waals surface area (Å²) in [5, 5.41) is 3.80. The monoisotopic (exact) mass is 589 g/mol. The fourth-order valence-corrected chi connectivity index (χ4v) is 5.73. The molecular formula is C29H33Cl2N3O4S. The minimum Gasteiger partial charge on any atom is -0.350 e. The lowest BCUT2D eigenvalue weighted by Crippen LogP contribution is -2.54. The summed E-state index contributed by atoms with van der Waals surface area (Å²) in [6, 6.07) is 18.8. The van der Waals surface area contributed by atoms with Crippen LogP contribution in [0.4, 0.5) is 5.69 Å². The van der Waals surface area contributed by atoms with E-state index in [1.165, 1.54) is 17.0 Å². The van der Waals surface area contributed by atoms with E-state index in [9.17, 15) is 18.0 Å². The summed E-state index contributed by atoms with van der Waals surface area (Å²) in [5.41, 5.74) is 0.993. The fourth-order valence-electron chi connectivity index (χ4n) is 3.94. The number of sulfonamides is 1. The topological polar surface area (TPSA) is 86.8 Å². The van der Waals surface area contributed by atoms with Crippen molar-refractivity contribution in [3.63, 3.8) is 0 Å². The average Bonchev–Trinajstić information content (AvgIpc) is 2.87. The van der Waals surface area contributed by atoms with Crippen molar-refractivity contribution in [2.24, 2.45) is 0 Å².